The summed E-state index contributed by atoms with van der Waals surface area (Å²) in [6.45, 7) is 0. The van der Waals surface area contributed by atoms with Crippen LogP contribution in [0.4, 0.5) is 0 Å². The van der Waals surface area contributed by atoms with Crippen molar-refractivity contribution in [3.05, 3.63) is 47.1 Å². The molecule has 0 spiro atoms. The fourth-order valence-electron chi connectivity index (χ4n) is 3.09. The Morgan fingerprint density at radius 1 is 1.35 bits per heavy atom. The van der Waals surface area contributed by atoms with Crippen molar-refractivity contribution in [3.8, 4) is 0 Å². The van der Waals surface area contributed by atoms with Crippen molar-refractivity contribution in [2.24, 2.45) is 0 Å². The zero-order valence-electron chi connectivity index (χ0n) is 12.7. The minimum absolute atomic E-state index is 0.114. The van der Waals surface area contributed by atoms with Crippen molar-refractivity contribution in [1.82, 2.24) is 15.5 Å². The van der Waals surface area contributed by atoms with Crippen LogP contribution in [-0.4, -0.2) is 27.3 Å². The van der Waals surface area contributed by atoms with Gasteiger partial charge in [0.25, 0.3) is 0 Å². The average Bonchev–Trinajstić information content (AvgIpc) is 3.21. The molecule has 6 heteroatoms. The van der Waals surface area contributed by atoms with E-state index in [2.05, 4.69) is 15.5 Å². The maximum Gasteiger partial charge on any atom is 0.227 e. The van der Waals surface area contributed by atoms with Gasteiger partial charge >= 0.3 is 0 Å². The molecule has 2 N–H and O–H groups in total. The summed E-state index contributed by atoms with van der Waals surface area (Å²) in [5, 5.41) is 17.0. The Bertz CT molecular complexity index is 723. The highest BCUT2D eigenvalue weighted by molar-refractivity contribution is 5.77. The van der Waals surface area contributed by atoms with Gasteiger partial charge in [0.05, 0.1) is 12.1 Å². The van der Waals surface area contributed by atoms with Crippen LogP contribution in [0.25, 0.3) is 0 Å². The number of amides is 1. The maximum atomic E-state index is 12.2. The van der Waals surface area contributed by atoms with Crippen molar-refractivity contribution in [1.29, 1.82) is 0 Å². The van der Waals surface area contributed by atoms with E-state index in [1.165, 1.54) is 0 Å². The minimum atomic E-state index is -0.568. The van der Waals surface area contributed by atoms with Gasteiger partial charge in [0.1, 0.15) is 0 Å². The summed E-state index contributed by atoms with van der Waals surface area (Å²) in [4.78, 5) is 16.5. The Morgan fingerprint density at radius 2 is 2.17 bits per heavy atom. The van der Waals surface area contributed by atoms with E-state index in [1.54, 1.807) is 0 Å². The van der Waals surface area contributed by atoms with Gasteiger partial charge in [-0.1, -0.05) is 29.4 Å². The molecule has 6 nitrogen and oxygen atoms in total. The zero-order chi connectivity index (χ0) is 15.8. The van der Waals surface area contributed by atoms with Crippen LogP contribution in [0.5, 0.6) is 0 Å². The van der Waals surface area contributed by atoms with Crippen LogP contribution >= 0.6 is 0 Å². The number of fused-ring (bicyclic) bond motifs is 1. The number of aromatic nitrogens is 2. The summed E-state index contributed by atoms with van der Waals surface area (Å²) in [6.07, 6.45) is 2.96. The number of rotatable bonds is 5. The first-order valence-corrected chi connectivity index (χ1v) is 8.08. The van der Waals surface area contributed by atoms with Crippen LogP contribution in [0.3, 0.4) is 0 Å². The van der Waals surface area contributed by atoms with E-state index in [0.29, 0.717) is 24.7 Å². The Balaban J connectivity index is 1.34. The molecule has 1 amide bonds. The number of aryl methyl sites for hydroxylation is 1. The highest BCUT2D eigenvalue weighted by Gasteiger charge is 2.32. The molecule has 2 aliphatic carbocycles. The number of hydrogen-bond donors (Lipinski definition) is 2. The molecule has 0 bridgehead atoms. The summed E-state index contributed by atoms with van der Waals surface area (Å²) in [6, 6.07) is 7.48. The Kier molecular flexibility index (Phi) is 3.61. The summed E-state index contributed by atoms with van der Waals surface area (Å²) >= 11 is 0. The second-order valence-corrected chi connectivity index (χ2v) is 6.34. The molecule has 0 radical (unpaired) electrons. The van der Waals surface area contributed by atoms with Gasteiger partial charge in [0.2, 0.25) is 11.8 Å². The highest BCUT2D eigenvalue weighted by atomic mass is 16.5. The van der Waals surface area contributed by atoms with Crippen molar-refractivity contribution < 1.29 is 14.4 Å². The van der Waals surface area contributed by atoms with E-state index in [1.807, 2.05) is 24.3 Å². The van der Waals surface area contributed by atoms with E-state index in [9.17, 15) is 9.90 Å². The lowest BCUT2D eigenvalue weighted by Gasteiger charge is -2.17. The molecular weight excluding hydrogens is 294 g/mol. The van der Waals surface area contributed by atoms with Crippen LogP contribution < -0.4 is 5.32 Å². The van der Waals surface area contributed by atoms with Crippen LogP contribution in [-0.2, 0) is 17.6 Å². The number of nitrogens with one attached hydrogen (secondary N) is 1. The molecule has 1 fully saturated rings. The highest BCUT2D eigenvalue weighted by Crippen LogP contribution is 2.38. The molecule has 1 aromatic heterocycles. The van der Waals surface area contributed by atoms with Gasteiger partial charge in [-0.2, -0.15) is 4.98 Å². The second-order valence-electron chi connectivity index (χ2n) is 6.34. The van der Waals surface area contributed by atoms with Gasteiger partial charge in [0.15, 0.2) is 5.82 Å². The third-order valence-electron chi connectivity index (χ3n) is 4.51. The fourth-order valence-corrected chi connectivity index (χ4v) is 3.09. The first kappa shape index (κ1) is 14.4. The molecule has 1 saturated carbocycles. The molecule has 4 rings (SSSR count). The fraction of sp³-hybridized carbons (Fsp3) is 0.471. The van der Waals surface area contributed by atoms with Gasteiger partial charge in [-0.3, -0.25) is 4.79 Å². The normalized spacial score (nSPS) is 22.8. The van der Waals surface area contributed by atoms with Crippen molar-refractivity contribution in [3.63, 3.8) is 0 Å². The molecule has 1 heterocycles. The summed E-state index contributed by atoms with van der Waals surface area (Å²) < 4.78 is 5.17. The van der Waals surface area contributed by atoms with Crippen LogP contribution in [0.2, 0.25) is 0 Å². The first-order chi connectivity index (χ1) is 11.2. The number of nitrogens with zero attached hydrogens (tertiary/aromatic N) is 2. The van der Waals surface area contributed by atoms with E-state index in [-0.39, 0.29) is 18.4 Å². The van der Waals surface area contributed by atoms with E-state index in [0.717, 1.165) is 29.8 Å². The second kappa shape index (κ2) is 5.77. The molecule has 120 valence electrons. The lowest BCUT2D eigenvalue weighted by atomic mass is 10.1. The number of aliphatic hydroxyl groups excluding tert-OH is 1. The van der Waals surface area contributed by atoms with Gasteiger partial charge in [-0.25, -0.2) is 0 Å². The van der Waals surface area contributed by atoms with Crippen molar-refractivity contribution in [2.45, 2.75) is 50.2 Å². The summed E-state index contributed by atoms with van der Waals surface area (Å²) in [5.41, 5.74) is 2.10. The van der Waals surface area contributed by atoms with Gasteiger partial charge in [-0.05, 0) is 24.0 Å². The molecule has 0 aliphatic heterocycles. The van der Waals surface area contributed by atoms with Crippen LogP contribution in [0, 0.1) is 0 Å². The predicted molar refractivity (Wildman–Crippen MR) is 81.6 cm³/mol. The number of hydrogen-bond acceptors (Lipinski definition) is 5. The lowest BCUT2D eigenvalue weighted by Crippen LogP contribution is -2.34. The molecule has 1 aromatic carbocycles. The topological polar surface area (TPSA) is 88.2 Å². The summed E-state index contributed by atoms with van der Waals surface area (Å²) in [5.74, 6) is 1.61. The molecule has 2 unspecified atom stereocenters. The molecule has 23 heavy (non-hydrogen) atoms. The Hall–Kier alpha value is -2.21. The van der Waals surface area contributed by atoms with Crippen molar-refractivity contribution >= 4 is 5.91 Å². The third-order valence-corrected chi connectivity index (χ3v) is 4.51. The molecular formula is C17H19N3O3. The maximum absolute atomic E-state index is 12.2. The van der Waals surface area contributed by atoms with E-state index >= 15 is 0 Å². The van der Waals surface area contributed by atoms with Gasteiger partial charge < -0.3 is 14.9 Å². The number of carbonyl (C=O) groups excluding carboxylic acids is 1. The number of aliphatic hydroxyl groups is 1. The smallest absolute Gasteiger partial charge is 0.227 e. The Morgan fingerprint density at radius 3 is 3.00 bits per heavy atom. The molecule has 2 aromatic rings. The van der Waals surface area contributed by atoms with Gasteiger partial charge in [-0.15, -0.1) is 0 Å². The van der Waals surface area contributed by atoms with E-state index in [4.69, 9.17) is 4.52 Å². The van der Waals surface area contributed by atoms with E-state index < -0.39 is 6.10 Å². The van der Waals surface area contributed by atoms with Crippen LogP contribution in [0.15, 0.2) is 28.8 Å². The minimum Gasteiger partial charge on any atom is -0.390 e. The summed E-state index contributed by atoms with van der Waals surface area (Å²) in [7, 11) is 0. The first-order valence-electron chi connectivity index (χ1n) is 8.08. The standard InChI is InChI=1S/C17H19N3O3/c21-13-9-11-3-1-2-4-12(11)16(13)18-14(22)7-8-15-19-17(20-23-15)10-5-6-10/h1-4,10,13,16,21H,5-9H2,(H,18,22). The lowest BCUT2D eigenvalue weighted by molar-refractivity contribution is -0.122. The van der Waals surface area contributed by atoms with Crippen LogP contribution in [0.1, 0.15) is 54.1 Å². The molecule has 2 atom stereocenters. The SMILES string of the molecule is O=C(CCc1nc(C2CC2)no1)NC1c2ccccc2CC1O. The Labute approximate surface area is 133 Å². The number of carbonyl (C=O) groups is 1. The third kappa shape index (κ3) is 2.99. The average molecular weight is 313 g/mol. The number of benzene rings is 1. The van der Waals surface area contributed by atoms with Crippen molar-refractivity contribution in [2.75, 3.05) is 0 Å². The predicted octanol–water partition coefficient (Wildman–Crippen LogP) is 1.65. The monoisotopic (exact) mass is 313 g/mol. The molecule has 0 saturated heterocycles. The molecule has 2 aliphatic rings. The quantitative estimate of drug-likeness (QED) is 0.876. The van der Waals surface area contributed by atoms with Gasteiger partial charge in [0, 0.05) is 25.2 Å². The zero-order valence-corrected chi connectivity index (χ0v) is 12.7. The largest absolute Gasteiger partial charge is 0.390 e.